The maximum absolute atomic E-state index is 13.0. The normalized spacial score (nSPS) is 13.4. The number of methoxy groups -OCH3 is 1. The molecule has 0 radical (unpaired) electrons. The van der Waals surface area contributed by atoms with Crippen molar-refractivity contribution in [2.45, 2.75) is 45.4 Å². The number of aryl methyl sites for hydroxylation is 1. The van der Waals surface area contributed by atoms with E-state index >= 15 is 0 Å². The maximum Gasteiger partial charge on any atom is 0.408 e. The molecule has 2 aromatic carbocycles. The van der Waals surface area contributed by atoms with E-state index in [-0.39, 0.29) is 5.56 Å². The van der Waals surface area contributed by atoms with Gasteiger partial charge in [-0.05, 0) is 45.4 Å². The third-order valence-corrected chi connectivity index (χ3v) is 4.07. The number of aliphatic hydroxyl groups excluding tert-OH is 1. The van der Waals surface area contributed by atoms with Crippen molar-refractivity contribution in [2.24, 2.45) is 0 Å². The van der Waals surface area contributed by atoms with Crippen LogP contribution in [0.3, 0.4) is 0 Å². The van der Waals surface area contributed by atoms with Crippen LogP contribution in [0.1, 0.15) is 48.3 Å². The first kappa shape index (κ1) is 21.4. The maximum atomic E-state index is 13.0. The van der Waals surface area contributed by atoms with Gasteiger partial charge in [-0.15, -0.1) is 0 Å². The SMILES string of the molecule is COc1ccccc1C(=O)[C@H](O)[C@@H](NC(=O)OC(C)(C)C)c1ccc(C)cc1. The highest BCUT2D eigenvalue weighted by molar-refractivity contribution is 6.02. The fourth-order valence-electron chi connectivity index (χ4n) is 2.71. The number of para-hydroxylation sites is 1. The van der Waals surface area contributed by atoms with E-state index < -0.39 is 29.6 Å². The van der Waals surface area contributed by atoms with Gasteiger partial charge in [0, 0.05) is 0 Å². The standard InChI is InChI=1S/C22H27NO5/c1-14-10-12-15(13-11-14)18(23-21(26)28-22(2,3)4)20(25)19(24)16-8-6-7-9-17(16)27-5/h6-13,18,20,25H,1-5H3,(H,23,26)/t18-,20+/m0/s1. The Balaban J connectivity index is 2.35. The number of ketones is 1. The monoisotopic (exact) mass is 385 g/mol. The van der Waals surface area contributed by atoms with Crippen LogP contribution in [-0.4, -0.2) is 35.8 Å². The molecule has 0 saturated carbocycles. The van der Waals surface area contributed by atoms with Crippen molar-refractivity contribution in [1.82, 2.24) is 5.32 Å². The molecule has 0 aromatic heterocycles. The van der Waals surface area contributed by atoms with Crippen LogP contribution in [0.4, 0.5) is 4.79 Å². The van der Waals surface area contributed by atoms with E-state index in [0.717, 1.165) is 5.56 Å². The summed E-state index contributed by atoms with van der Waals surface area (Å²) in [7, 11) is 1.45. The minimum absolute atomic E-state index is 0.237. The zero-order chi connectivity index (χ0) is 20.9. The minimum Gasteiger partial charge on any atom is -0.496 e. The Kier molecular flexibility index (Phi) is 6.80. The predicted molar refractivity (Wildman–Crippen MR) is 107 cm³/mol. The Morgan fingerprint density at radius 3 is 2.21 bits per heavy atom. The number of aliphatic hydroxyl groups is 1. The van der Waals surface area contributed by atoms with E-state index in [1.807, 2.05) is 19.1 Å². The van der Waals surface area contributed by atoms with E-state index in [1.54, 1.807) is 57.2 Å². The van der Waals surface area contributed by atoms with Gasteiger partial charge in [0.2, 0.25) is 0 Å². The van der Waals surface area contributed by atoms with Gasteiger partial charge in [-0.3, -0.25) is 4.79 Å². The van der Waals surface area contributed by atoms with Crippen molar-refractivity contribution in [3.8, 4) is 5.75 Å². The molecule has 28 heavy (non-hydrogen) atoms. The summed E-state index contributed by atoms with van der Waals surface area (Å²) in [6.07, 6.45) is -2.24. The van der Waals surface area contributed by atoms with Gasteiger partial charge in [-0.1, -0.05) is 42.0 Å². The molecule has 0 aliphatic rings. The van der Waals surface area contributed by atoms with Gasteiger partial charge in [0.05, 0.1) is 18.7 Å². The van der Waals surface area contributed by atoms with Crippen LogP contribution in [0.5, 0.6) is 5.75 Å². The molecule has 0 fully saturated rings. The third-order valence-electron chi connectivity index (χ3n) is 4.07. The Hall–Kier alpha value is -2.86. The number of carbonyl (C=O) groups excluding carboxylic acids is 2. The van der Waals surface area contributed by atoms with Crippen LogP contribution in [0.15, 0.2) is 48.5 Å². The molecule has 6 heteroatoms. The van der Waals surface area contributed by atoms with Crippen molar-refractivity contribution in [3.63, 3.8) is 0 Å². The third kappa shape index (κ3) is 5.57. The molecule has 2 N–H and O–H groups in total. The van der Waals surface area contributed by atoms with Crippen molar-refractivity contribution in [3.05, 3.63) is 65.2 Å². The van der Waals surface area contributed by atoms with Gasteiger partial charge in [0.15, 0.2) is 5.78 Å². The lowest BCUT2D eigenvalue weighted by atomic mass is 9.94. The average Bonchev–Trinajstić information content (AvgIpc) is 2.64. The highest BCUT2D eigenvalue weighted by atomic mass is 16.6. The Morgan fingerprint density at radius 2 is 1.64 bits per heavy atom. The summed E-state index contributed by atoms with van der Waals surface area (Å²) < 4.78 is 10.5. The van der Waals surface area contributed by atoms with E-state index in [4.69, 9.17) is 9.47 Å². The van der Waals surface area contributed by atoms with Crippen LogP contribution in [0.25, 0.3) is 0 Å². The van der Waals surface area contributed by atoms with E-state index in [2.05, 4.69) is 5.32 Å². The molecular formula is C22H27NO5. The molecule has 0 saturated heterocycles. The number of rotatable bonds is 6. The van der Waals surface area contributed by atoms with Crippen LogP contribution >= 0.6 is 0 Å². The molecule has 2 atom stereocenters. The first-order chi connectivity index (χ1) is 13.1. The first-order valence-corrected chi connectivity index (χ1v) is 9.04. The highest BCUT2D eigenvalue weighted by Crippen LogP contribution is 2.25. The Morgan fingerprint density at radius 1 is 1.04 bits per heavy atom. The number of hydrogen-bond donors (Lipinski definition) is 2. The largest absolute Gasteiger partial charge is 0.496 e. The zero-order valence-corrected chi connectivity index (χ0v) is 16.9. The number of benzene rings is 2. The van der Waals surface area contributed by atoms with Gasteiger partial charge in [0.1, 0.15) is 17.5 Å². The van der Waals surface area contributed by atoms with E-state index in [9.17, 15) is 14.7 Å². The van der Waals surface area contributed by atoms with Gasteiger partial charge >= 0.3 is 6.09 Å². The quantitative estimate of drug-likeness (QED) is 0.739. The summed E-state index contributed by atoms with van der Waals surface area (Å²) in [6.45, 7) is 7.15. The molecule has 0 bridgehead atoms. The molecule has 150 valence electrons. The number of Topliss-reactive ketones (excluding diaryl/α,β-unsaturated/α-hetero) is 1. The minimum atomic E-state index is -1.52. The van der Waals surface area contributed by atoms with Crippen molar-refractivity contribution in [2.75, 3.05) is 7.11 Å². The molecular weight excluding hydrogens is 358 g/mol. The molecule has 2 rings (SSSR count). The van der Waals surface area contributed by atoms with Crippen LogP contribution < -0.4 is 10.1 Å². The molecule has 0 unspecified atom stereocenters. The van der Waals surface area contributed by atoms with Crippen molar-refractivity contribution < 1.29 is 24.2 Å². The molecule has 0 heterocycles. The second kappa shape index (κ2) is 8.89. The smallest absolute Gasteiger partial charge is 0.408 e. The molecule has 0 spiro atoms. The van der Waals surface area contributed by atoms with E-state index in [1.165, 1.54) is 7.11 Å². The van der Waals surface area contributed by atoms with Crippen LogP contribution in [-0.2, 0) is 4.74 Å². The molecule has 6 nitrogen and oxygen atoms in total. The lowest BCUT2D eigenvalue weighted by Gasteiger charge is -2.27. The second-order valence-electron chi connectivity index (χ2n) is 7.54. The summed E-state index contributed by atoms with van der Waals surface area (Å²) in [5.74, 6) is -0.203. The summed E-state index contributed by atoms with van der Waals surface area (Å²) in [5, 5.41) is 13.5. The molecule has 2 aromatic rings. The average molecular weight is 385 g/mol. The van der Waals surface area contributed by atoms with Crippen LogP contribution in [0.2, 0.25) is 0 Å². The summed E-state index contributed by atoms with van der Waals surface area (Å²) in [4.78, 5) is 25.3. The lowest BCUT2D eigenvalue weighted by molar-refractivity contribution is 0.0407. The number of ether oxygens (including phenoxy) is 2. The Bertz CT molecular complexity index is 824. The predicted octanol–water partition coefficient (Wildman–Crippen LogP) is 3.81. The molecule has 0 aliphatic carbocycles. The highest BCUT2D eigenvalue weighted by Gasteiger charge is 2.32. The number of hydrogen-bond acceptors (Lipinski definition) is 5. The first-order valence-electron chi connectivity index (χ1n) is 9.04. The van der Waals surface area contributed by atoms with Gasteiger partial charge in [0.25, 0.3) is 0 Å². The lowest BCUT2D eigenvalue weighted by Crippen LogP contribution is -2.42. The fourth-order valence-corrected chi connectivity index (χ4v) is 2.71. The molecule has 0 aliphatic heterocycles. The summed E-state index contributed by atoms with van der Waals surface area (Å²) >= 11 is 0. The number of carbonyl (C=O) groups is 2. The summed E-state index contributed by atoms with van der Waals surface area (Å²) in [6, 6.07) is 12.9. The van der Waals surface area contributed by atoms with Crippen molar-refractivity contribution >= 4 is 11.9 Å². The van der Waals surface area contributed by atoms with E-state index in [0.29, 0.717) is 11.3 Å². The van der Waals surface area contributed by atoms with Gasteiger partial charge in [-0.25, -0.2) is 4.79 Å². The number of nitrogens with one attached hydrogen (secondary N) is 1. The topological polar surface area (TPSA) is 84.9 Å². The summed E-state index contributed by atoms with van der Waals surface area (Å²) in [5.41, 5.74) is 1.14. The van der Waals surface area contributed by atoms with Gasteiger partial charge in [-0.2, -0.15) is 0 Å². The zero-order valence-electron chi connectivity index (χ0n) is 16.9. The number of alkyl carbamates (subject to hydrolysis) is 1. The van der Waals surface area contributed by atoms with Gasteiger partial charge < -0.3 is 19.9 Å². The second-order valence-corrected chi connectivity index (χ2v) is 7.54. The molecule has 1 amide bonds. The van der Waals surface area contributed by atoms with Crippen LogP contribution in [0, 0.1) is 6.92 Å². The fraction of sp³-hybridized carbons (Fsp3) is 0.364. The Labute approximate surface area is 165 Å². The number of amides is 1. The van der Waals surface area contributed by atoms with Crippen molar-refractivity contribution in [1.29, 1.82) is 0 Å².